The van der Waals surface area contributed by atoms with Gasteiger partial charge in [0.15, 0.2) is 0 Å². The van der Waals surface area contributed by atoms with E-state index in [0.717, 1.165) is 17.9 Å². The quantitative estimate of drug-likeness (QED) is 0.323. The van der Waals surface area contributed by atoms with Gasteiger partial charge < -0.3 is 10.2 Å². The molecule has 1 rings (SSSR count). The average Bonchev–Trinajstić information content (AvgIpc) is 2.52. The van der Waals surface area contributed by atoms with Crippen LogP contribution < -0.4 is 0 Å². The van der Waals surface area contributed by atoms with E-state index in [2.05, 4.69) is 23.8 Å². The van der Waals surface area contributed by atoms with Crippen molar-refractivity contribution in [2.75, 3.05) is 13.2 Å². The van der Waals surface area contributed by atoms with Crippen molar-refractivity contribution < 1.29 is 25.0 Å². The maximum absolute atomic E-state index is 9.92. The summed E-state index contributed by atoms with van der Waals surface area (Å²) < 4.78 is 0. The number of hydrogen-bond donors (Lipinski definition) is 2. The first-order valence-corrected chi connectivity index (χ1v) is 8.89. The van der Waals surface area contributed by atoms with Gasteiger partial charge in [0.2, 0.25) is 0 Å². The molecule has 0 aliphatic rings. The first kappa shape index (κ1) is 20.9. The van der Waals surface area contributed by atoms with Gasteiger partial charge in [0.25, 0.3) is 0 Å². The Morgan fingerprint density at radius 1 is 1.00 bits per heavy atom. The molecule has 0 spiro atoms. The zero-order valence-corrected chi connectivity index (χ0v) is 15.2. The predicted octanol–water partition coefficient (Wildman–Crippen LogP) is 3.95. The van der Waals surface area contributed by atoms with Gasteiger partial charge >= 0.3 is 0 Å². The van der Waals surface area contributed by atoms with Crippen LogP contribution in [-0.2, 0) is 27.7 Å². The van der Waals surface area contributed by atoms with E-state index >= 15 is 0 Å². The Labute approximate surface area is 145 Å². The normalized spacial score (nSPS) is 12.7. The monoisotopic (exact) mass is 340 g/mol. The van der Waals surface area contributed by atoms with Gasteiger partial charge in [-0.1, -0.05) is 50.3 Å². The van der Waals surface area contributed by atoms with Crippen LogP contribution in [0.15, 0.2) is 18.2 Å². The molecule has 24 heavy (non-hydrogen) atoms. The van der Waals surface area contributed by atoms with Crippen LogP contribution in [0.25, 0.3) is 0 Å². The van der Waals surface area contributed by atoms with Crippen molar-refractivity contribution in [3.63, 3.8) is 0 Å². The Kier molecular flexibility index (Phi) is 10.7. The first-order valence-electron chi connectivity index (χ1n) is 8.89. The van der Waals surface area contributed by atoms with E-state index in [4.69, 9.17) is 9.99 Å². The number of aromatic hydroxyl groups is 1. The van der Waals surface area contributed by atoms with E-state index in [-0.39, 0.29) is 19.0 Å². The fourth-order valence-electron chi connectivity index (χ4n) is 2.40. The molecule has 0 radical (unpaired) electrons. The van der Waals surface area contributed by atoms with Crippen LogP contribution >= 0.6 is 0 Å². The summed E-state index contributed by atoms with van der Waals surface area (Å²) in [6, 6.07) is 5.74. The molecule has 1 aromatic carbocycles. The second-order valence-corrected chi connectivity index (χ2v) is 6.73. The number of benzene rings is 1. The Morgan fingerprint density at radius 3 is 2.50 bits per heavy atom. The lowest BCUT2D eigenvalue weighted by Gasteiger charge is -2.09. The lowest BCUT2D eigenvalue weighted by Crippen LogP contribution is -2.11. The number of phenols is 1. The molecule has 0 aliphatic carbocycles. The maximum Gasteiger partial charge on any atom is 0.118 e. The van der Waals surface area contributed by atoms with E-state index < -0.39 is 6.10 Å². The molecule has 0 saturated heterocycles. The molecule has 0 saturated carbocycles. The van der Waals surface area contributed by atoms with Gasteiger partial charge in [-0.05, 0) is 42.9 Å². The molecule has 0 aliphatic heterocycles. The molecule has 0 heterocycles. The van der Waals surface area contributed by atoms with Gasteiger partial charge in [-0.3, -0.25) is 0 Å². The van der Waals surface area contributed by atoms with Crippen molar-refractivity contribution in [3.8, 4) is 5.75 Å². The molecule has 0 fully saturated rings. The highest BCUT2D eigenvalue weighted by atomic mass is 17.5. The van der Waals surface area contributed by atoms with E-state index in [1.165, 1.54) is 31.2 Å². The fraction of sp³-hybridized carbons (Fsp3) is 0.684. The van der Waals surface area contributed by atoms with Crippen molar-refractivity contribution in [2.45, 2.75) is 65.4 Å². The minimum Gasteiger partial charge on any atom is -0.508 e. The minimum atomic E-state index is -0.602. The molecule has 5 heteroatoms. The van der Waals surface area contributed by atoms with Crippen LogP contribution in [0.2, 0.25) is 0 Å². The van der Waals surface area contributed by atoms with E-state index in [9.17, 15) is 5.11 Å². The smallest absolute Gasteiger partial charge is 0.118 e. The lowest BCUT2D eigenvalue weighted by atomic mass is 10.0. The highest BCUT2D eigenvalue weighted by Crippen LogP contribution is 2.21. The Bertz CT molecular complexity index is 445. The van der Waals surface area contributed by atoms with E-state index in [0.29, 0.717) is 6.42 Å². The third kappa shape index (κ3) is 9.88. The van der Waals surface area contributed by atoms with Crippen LogP contribution in [0, 0.1) is 5.92 Å². The summed E-state index contributed by atoms with van der Waals surface area (Å²) in [7, 11) is 0. The minimum absolute atomic E-state index is 0.0531. The molecule has 2 N–H and O–H groups in total. The molecular weight excluding hydrogens is 308 g/mol. The van der Waals surface area contributed by atoms with Crippen molar-refractivity contribution in [2.24, 2.45) is 5.92 Å². The molecule has 1 unspecified atom stereocenters. The standard InChI is InChI=1S/C19H32O5/c1-15(2)7-5-4-6-8-17-9-10-19(21)18(13-17)11-12-22-24-23-14-16(3)20/h9-10,13,15-16,20-21H,4-8,11-12,14H2,1-3H3. The van der Waals surface area contributed by atoms with Gasteiger partial charge in [0.05, 0.1) is 12.7 Å². The zero-order valence-electron chi connectivity index (χ0n) is 15.2. The molecule has 0 amide bonds. The van der Waals surface area contributed by atoms with Crippen LogP contribution in [0.1, 0.15) is 57.6 Å². The molecule has 138 valence electrons. The Balaban J connectivity index is 2.27. The average molecular weight is 340 g/mol. The van der Waals surface area contributed by atoms with Crippen molar-refractivity contribution >= 4 is 0 Å². The molecule has 0 bridgehead atoms. The van der Waals surface area contributed by atoms with E-state index in [1.807, 2.05) is 12.1 Å². The second-order valence-electron chi connectivity index (χ2n) is 6.73. The highest BCUT2D eigenvalue weighted by Gasteiger charge is 2.05. The van der Waals surface area contributed by atoms with Gasteiger partial charge in [-0.15, -0.1) is 0 Å². The Morgan fingerprint density at radius 2 is 1.79 bits per heavy atom. The van der Waals surface area contributed by atoms with E-state index in [1.54, 1.807) is 13.0 Å². The zero-order chi connectivity index (χ0) is 17.8. The van der Waals surface area contributed by atoms with Gasteiger partial charge in [0.1, 0.15) is 12.4 Å². The summed E-state index contributed by atoms with van der Waals surface area (Å²) in [4.78, 5) is 9.52. The van der Waals surface area contributed by atoms with Gasteiger partial charge in [-0.25, -0.2) is 9.78 Å². The summed E-state index contributed by atoms with van der Waals surface area (Å²) in [5.74, 6) is 1.05. The number of phenolic OH excluding ortho intramolecular Hbond substituents is 1. The number of aliphatic hydroxyl groups excluding tert-OH is 1. The number of hydrogen-bond acceptors (Lipinski definition) is 5. The van der Waals surface area contributed by atoms with Crippen molar-refractivity contribution in [1.29, 1.82) is 0 Å². The molecule has 5 nitrogen and oxygen atoms in total. The Hall–Kier alpha value is -1.14. The lowest BCUT2D eigenvalue weighted by molar-refractivity contribution is -0.515. The largest absolute Gasteiger partial charge is 0.508 e. The third-order valence-corrected chi connectivity index (χ3v) is 3.75. The number of aliphatic hydroxyl groups is 1. The van der Waals surface area contributed by atoms with Crippen LogP contribution in [-0.4, -0.2) is 29.5 Å². The summed E-state index contributed by atoms with van der Waals surface area (Å²) in [6.07, 6.45) is 5.94. The summed E-state index contributed by atoms with van der Waals surface area (Å²) in [5.41, 5.74) is 2.08. The molecule has 1 aromatic rings. The number of aryl methyl sites for hydroxylation is 1. The third-order valence-electron chi connectivity index (χ3n) is 3.75. The van der Waals surface area contributed by atoms with Crippen molar-refractivity contribution in [3.05, 3.63) is 29.3 Å². The van der Waals surface area contributed by atoms with Gasteiger partial charge in [0, 0.05) is 6.42 Å². The van der Waals surface area contributed by atoms with Crippen LogP contribution in [0.5, 0.6) is 5.75 Å². The summed E-state index contributed by atoms with van der Waals surface area (Å²) in [6.45, 7) is 6.43. The first-order chi connectivity index (χ1) is 11.5. The topological polar surface area (TPSA) is 68.2 Å². The second kappa shape index (κ2) is 12.3. The molecular formula is C19H32O5. The summed E-state index contributed by atoms with van der Waals surface area (Å²) in [5, 5.41) is 23.4. The van der Waals surface area contributed by atoms with Crippen LogP contribution in [0.4, 0.5) is 0 Å². The predicted molar refractivity (Wildman–Crippen MR) is 93.5 cm³/mol. The number of unbranched alkanes of at least 4 members (excludes halogenated alkanes) is 2. The molecule has 1 atom stereocenters. The summed E-state index contributed by atoms with van der Waals surface area (Å²) >= 11 is 0. The molecule has 0 aromatic heterocycles. The number of rotatable bonds is 13. The van der Waals surface area contributed by atoms with Gasteiger partial charge in [-0.2, -0.15) is 0 Å². The maximum atomic E-state index is 9.92. The highest BCUT2D eigenvalue weighted by molar-refractivity contribution is 5.36. The SMILES string of the molecule is CC(C)CCCCCc1ccc(O)c(CCOOOCC(C)O)c1. The van der Waals surface area contributed by atoms with Crippen molar-refractivity contribution in [1.82, 2.24) is 0 Å². The fourth-order valence-corrected chi connectivity index (χ4v) is 2.40. The van der Waals surface area contributed by atoms with Crippen LogP contribution in [0.3, 0.4) is 0 Å².